The van der Waals surface area contributed by atoms with Crippen LogP contribution in [0.15, 0.2) is 5.16 Å². The topological polar surface area (TPSA) is 94.1 Å². The molecule has 1 aromatic rings. The Balaban J connectivity index is 2.58. The van der Waals surface area contributed by atoms with Gasteiger partial charge in [-0.15, -0.1) is 10.2 Å². The molecule has 1 heterocycles. The van der Waals surface area contributed by atoms with E-state index in [1.165, 1.54) is 16.7 Å². The summed E-state index contributed by atoms with van der Waals surface area (Å²) in [5, 5.41) is 8.61. The van der Waals surface area contributed by atoms with E-state index in [0.717, 1.165) is 0 Å². The smallest absolute Gasteiger partial charge is 0.232 e. The fourth-order valence-corrected chi connectivity index (χ4v) is 2.09. The van der Waals surface area contributed by atoms with Gasteiger partial charge in [-0.1, -0.05) is 11.8 Å². The van der Waals surface area contributed by atoms with Crippen LogP contribution in [-0.4, -0.2) is 51.3 Å². The summed E-state index contributed by atoms with van der Waals surface area (Å²) < 4.78 is 1.77. The number of hydrogen-bond acceptors (Lipinski definition) is 5. The first-order chi connectivity index (χ1) is 8.41. The molecule has 18 heavy (non-hydrogen) atoms. The molecule has 0 aromatic carbocycles. The number of amides is 2. The van der Waals surface area contributed by atoms with Crippen LogP contribution < -0.4 is 5.73 Å². The molecule has 7 nitrogen and oxygen atoms in total. The zero-order valence-electron chi connectivity index (χ0n) is 10.7. The van der Waals surface area contributed by atoms with E-state index in [4.69, 9.17) is 5.73 Å². The molecule has 0 fully saturated rings. The summed E-state index contributed by atoms with van der Waals surface area (Å²) in [6.45, 7) is 0. The Morgan fingerprint density at radius 3 is 2.61 bits per heavy atom. The van der Waals surface area contributed by atoms with Crippen molar-refractivity contribution in [2.75, 3.05) is 19.8 Å². The van der Waals surface area contributed by atoms with E-state index in [2.05, 4.69) is 10.2 Å². The lowest BCUT2D eigenvalue weighted by Gasteiger charge is -2.09. The molecule has 0 saturated carbocycles. The summed E-state index contributed by atoms with van der Waals surface area (Å²) in [6, 6.07) is 0. The number of primary amides is 1. The van der Waals surface area contributed by atoms with Crippen LogP contribution in [-0.2, 0) is 23.1 Å². The second kappa shape index (κ2) is 6.39. The third-order valence-corrected chi connectivity index (χ3v) is 3.35. The van der Waals surface area contributed by atoms with E-state index < -0.39 is 0 Å². The summed E-state index contributed by atoms with van der Waals surface area (Å²) in [5.74, 6) is 0.652. The Morgan fingerprint density at radius 2 is 2.06 bits per heavy atom. The number of nitrogens with two attached hydrogens (primary N) is 1. The third-order valence-electron chi connectivity index (χ3n) is 2.34. The van der Waals surface area contributed by atoms with Crippen LogP contribution >= 0.6 is 11.8 Å². The molecule has 0 aliphatic carbocycles. The Kier molecular flexibility index (Phi) is 5.14. The summed E-state index contributed by atoms with van der Waals surface area (Å²) in [6.07, 6.45) is 0.703. The van der Waals surface area contributed by atoms with Crippen molar-refractivity contribution in [3.63, 3.8) is 0 Å². The highest BCUT2D eigenvalue weighted by molar-refractivity contribution is 7.99. The van der Waals surface area contributed by atoms with Gasteiger partial charge >= 0.3 is 0 Å². The zero-order valence-corrected chi connectivity index (χ0v) is 11.5. The molecule has 1 aromatic heterocycles. The van der Waals surface area contributed by atoms with E-state index in [1.54, 1.807) is 25.7 Å². The van der Waals surface area contributed by atoms with E-state index in [-0.39, 0.29) is 18.2 Å². The van der Waals surface area contributed by atoms with E-state index in [9.17, 15) is 9.59 Å². The zero-order chi connectivity index (χ0) is 13.7. The first-order valence-electron chi connectivity index (χ1n) is 5.41. The van der Waals surface area contributed by atoms with Gasteiger partial charge < -0.3 is 15.2 Å². The van der Waals surface area contributed by atoms with Crippen molar-refractivity contribution in [2.45, 2.75) is 18.0 Å². The first-order valence-corrected chi connectivity index (χ1v) is 6.40. The van der Waals surface area contributed by atoms with Crippen LogP contribution in [0.2, 0.25) is 0 Å². The maximum atomic E-state index is 11.4. The minimum Gasteiger partial charge on any atom is -0.370 e. The van der Waals surface area contributed by atoms with Gasteiger partial charge in [-0.2, -0.15) is 0 Å². The predicted molar refractivity (Wildman–Crippen MR) is 67.9 cm³/mol. The lowest BCUT2D eigenvalue weighted by atomic mass is 10.3. The molecule has 0 aliphatic rings. The number of aryl methyl sites for hydroxylation is 1. The Bertz CT molecular complexity index is 443. The molecule has 2 N–H and O–H groups in total. The third kappa shape index (κ3) is 4.02. The average molecular weight is 271 g/mol. The van der Waals surface area contributed by atoms with Crippen molar-refractivity contribution in [1.82, 2.24) is 19.7 Å². The average Bonchev–Trinajstić information content (AvgIpc) is 2.64. The predicted octanol–water partition coefficient (Wildman–Crippen LogP) is -0.587. The van der Waals surface area contributed by atoms with Crippen molar-refractivity contribution in [2.24, 2.45) is 12.8 Å². The lowest BCUT2D eigenvalue weighted by Crippen LogP contribution is -2.23. The molecule has 2 amide bonds. The molecule has 0 aliphatic heterocycles. The van der Waals surface area contributed by atoms with Crippen LogP contribution in [0.5, 0.6) is 0 Å². The molecule has 0 radical (unpaired) electrons. The number of carbonyl (C=O) groups excluding carboxylic acids is 2. The van der Waals surface area contributed by atoms with Gasteiger partial charge in [0.25, 0.3) is 0 Å². The Labute approximate surface area is 110 Å². The lowest BCUT2D eigenvalue weighted by molar-refractivity contribution is -0.125. The number of aromatic nitrogens is 3. The summed E-state index contributed by atoms with van der Waals surface area (Å²) in [5.41, 5.74) is 5.08. The number of rotatable bonds is 6. The SMILES string of the molecule is CN(C)C(=O)CSc1nnc(CCC(N)=O)n1C. The molecule has 0 atom stereocenters. The normalized spacial score (nSPS) is 10.4. The largest absolute Gasteiger partial charge is 0.370 e. The van der Waals surface area contributed by atoms with Gasteiger partial charge in [-0.25, -0.2) is 0 Å². The minimum atomic E-state index is -0.366. The molecule has 0 unspecified atom stereocenters. The molecule has 1 rings (SSSR count). The summed E-state index contributed by atoms with van der Waals surface area (Å²) in [4.78, 5) is 23.7. The van der Waals surface area contributed by atoms with Crippen LogP contribution in [0.4, 0.5) is 0 Å². The fourth-order valence-electron chi connectivity index (χ4n) is 1.18. The van der Waals surface area contributed by atoms with Crippen molar-refractivity contribution < 1.29 is 9.59 Å². The minimum absolute atomic E-state index is 0.0154. The van der Waals surface area contributed by atoms with Crippen molar-refractivity contribution in [3.8, 4) is 0 Å². The van der Waals surface area contributed by atoms with Gasteiger partial charge in [-0.05, 0) is 0 Å². The van der Waals surface area contributed by atoms with Gasteiger partial charge in [0.05, 0.1) is 5.75 Å². The van der Waals surface area contributed by atoms with Gasteiger partial charge in [0.1, 0.15) is 5.82 Å². The summed E-state index contributed by atoms with van der Waals surface area (Å²) >= 11 is 1.32. The highest BCUT2D eigenvalue weighted by Crippen LogP contribution is 2.16. The van der Waals surface area contributed by atoms with Crippen molar-refractivity contribution in [3.05, 3.63) is 5.82 Å². The van der Waals surface area contributed by atoms with Crippen LogP contribution in [0.25, 0.3) is 0 Å². The molecule has 0 spiro atoms. The highest BCUT2D eigenvalue weighted by Gasteiger charge is 2.12. The monoisotopic (exact) mass is 271 g/mol. The molecule has 0 saturated heterocycles. The number of hydrogen-bond donors (Lipinski definition) is 1. The molecule has 0 bridgehead atoms. The van der Waals surface area contributed by atoms with Crippen LogP contribution in [0.1, 0.15) is 12.2 Å². The number of nitrogens with zero attached hydrogens (tertiary/aromatic N) is 4. The van der Waals surface area contributed by atoms with Gasteiger partial charge in [0.2, 0.25) is 11.8 Å². The van der Waals surface area contributed by atoms with Gasteiger partial charge in [0, 0.05) is 34.0 Å². The Hall–Kier alpha value is -1.57. The second-order valence-electron chi connectivity index (χ2n) is 4.00. The standard InChI is InChI=1S/C10H17N5O2S/c1-14(2)9(17)6-18-10-13-12-8(15(10)3)5-4-7(11)16/h4-6H2,1-3H3,(H2,11,16). The maximum Gasteiger partial charge on any atom is 0.232 e. The number of carbonyl (C=O) groups is 2. The van der Waals surface area contributed by atoms with E-state index >= 15 is 0 Å². The van der Waals surface area contributed by atoms with Crippen LogP contribution in [0.3, 0.4) is 0 Å². The second-order valence-corrected chi connectivity index (χ2v) is 4.94. The number of thioether (sulfide) groups is 1. The van der Waals surface area contributed by atoms with Crippen LogP contribution in [0, 0.1) is 0 Å². The van der Waals surface area contributed by atoms with Gasteiger partial charge in [0.15, 0.2) is 5.16 Å². The maximum absolute atomic E-state index is 11.4. The molecular weight excluding hydrogens is 254 g/mol. The first kappa shape index (κ1) is 14.5. The van der Waals surface area contributed by atoms with Crippen molar-refractivity contribution >= 4 is 23.6 Å². The van der Waals surface area contributed by atoms with E-state index in [1.807, 2.05) is 0 Å². The quantitative estimate of drug-likeness (QED) is 0.698. The van der Waals surface area contributed by atoms with Crippen molar-refractivity contribution in [1.29, 1.82) is 0 Å². The fraction of sp³-hybridized carbons (Fsp3) is 0.600. The summed E-state index contributed by atoms with van der Waals surface area (Å²) in [7, 11) is 5.22. The highest BCUT2D eigenvalue weighted by atomic mass is 32.2. The van der Waals surface area contributed by atoms with E-state index in [0.29, 0.717) is 23.2 Å². The molecular formula is C10H17N5O2S. The van der Waals surface area contributed by atoms with Gasteiger partial charge in [-0.3, -0.25) is 9.59 Å². The molecule has 8 heteroatoms. The Morgan fingerprint density at radius 1 is 1.39 bits per heavy atom. The molecule has 100 valence electrons.